The smallest absolute Gasteiger partial charge is 0.389 e. The Morgan fingerprint density at radius 1 is 0.886 bits per heavy atom. The van der Waals surface area contributed by atoms with Gasteiger partial charge in [0.1, 0.15) is 18.1 Å². The van der Waals surface area contributed by atoms with Crippen LogP contribution in [0.1, 0.15) is 49.7 Å². The summed E-state index contributed by atoms with van der Waals surface area (Å²) in [6.45, 7) is 7.08. The molecular weight excluding hydrogens is 457 g/mol. The number of rotatable bonds is 16. The third kappa shape index (κ3) is 11.2. The van der Waals surface area contributed by atoms with Gasteiger partial charge < -0.3 is 19.3 Å². The van der Waals surface area contributed by atoms with E-state index in [0.717, 1.165) is 36.0 Å². The van der Waals surface area contributed by atoms with Crippen LogP contribution < -0.4 is 9.47 Å². The van der Waals surface area contributed by atoms with Crippen molar-refractivity contribution in [2.75, 3.05) is 33.5 Å². The largest absolute Gasteiger partial charge is 0.493 e. The standard InChI is InChI=1S/C28H37F3O4/c1-21(20-32)11-13-34-26-17-25(18-27(19-26)35-15-14-33-3)24-10-9-23(22(2)16-24)8-6-4-5-7-12-28(29,30)31/h9-10,16-19,32H,1,4-8,11-15,20H2,2-3H3. The van der Waals surface area contributed by atoms with Crippen molar-refractivity contribution in [3.63, 3.8) is 0 Å². The molecule has 35 heavy (non-hydrogen) atoms. The molecule has 0 saturated carbocycles. The van der Waals surface area contributed by atoms with Crippen LogP contribution in [0.5, 0.6) is 11.5 Å². The van der Waals surface area contributed by atoms with E-state index in [1.807, 2.05) is 18.2 Å². The monoisotopic (exact) mass is 494 g/mol. The molecule has 2 rings (SSSR count). The van der Waals surface area contributed by atoms with Crippen molar-refractivity contribution in [1.82, 2.24) is 0 Å². The summed E-state index contributed by atoms with van der Waals surface area (Å²) < 4.78 is 53.6. The molecule has 7 heteroatoms. The number of ether oxygens (including phenoxy) is 3. The Morgan fingerprint density at radius 2 is 1.57 bits per heavy atom. The SMILES string of the molecule is C=C(CO)CCOc1cc(OCCOC)cc(-c2ccc(CCCCCCC(F)(F)F)c(C)c2)c1. The number of halogens is 3. The zero-order valence-corrected chi connectivity index (χ0v) is 20.8. The first-order valence-electron chi connectivity index (χ1n) is 12.1. The lowest BCUT2D eigenvalue weighted by molar-refractivity contribution is -0.135. The molecule has 0 aliphatic rings. The second-order valence-corrected chi connectivity index (χ2v) is 8.71. The zero-order valence-electron chi connectivity index (χ0n) is 20.8. The molecule has 0 radical (unpaired) electrons. The fourth-order valence-corrected chi connectivity index (χ4v) is 3.69. The number of hydrogen-bond donors (Lipinski definition) is 1. The molecule has 0 atom stereocenters. The van der Waals surface area contributed by atoms with Crippen LogP contribution in [0.15, 0.2) is 48.6 Å². The number of aliphatic hydroxyl groups is 1. The van der Waals surface area contributed by atoms with Gasteiger partial charge in [-0.1, -0.05) is 37.6 Å². The highest BCUT2D eigenvalue weighted by Crippen LogP contribution is 2.32. The predicted octanol–water partition coefficient (Wildman–Crippen LogP) is 7.06. The van der Waals surface area contributed by atoms with Gasteiger partial charge in [-0.2, -0.15) is 13.2 Å². The number of alkyl halides is 3. The summed E-state index contributed by atoms with van der Waals surface area (Å²) in [4.78, 5) is 0. The molecule has 0 aliphatic carbocycles. The third-order valence-corrected chi connectivity index (χ3v) is 5.72. The van der Waals surface area contributed by atoms with E-state index >= 15 is 0 Å². The first-order chi connectivity index (χ1) is 16.7. The highest BCUT2D eigenvalue weighted by atomic mass is 19.4. The topological polar surface area (TPSA) is 47.9 Å². The third-order valence-electron chi connectivity index (χ3n) is 5.72. The number of aliphatic hydroxyl groups excluding tert-OH is 1. The lowest BCUT2D eigenvalue weighted by atomic mass is 9.96. The minimum Gasteiger partial charge on any atom is -0.493 e. The molecule has 0 saturated heterocycles. The van der Waals surface area contributed by atoms with Gasteiger partial charge in [0.05, 0.1) is 19.8 Å². The fourth-order valence-electron chi connectivity index (χ4n) is 3.69. The van der Waals surface area contributed by atoms with Gasteiger partial charge in [-0.25, -0.2) is 0 Å². The van der Waals surface area contributed by atoms with Gasteiger partial charge in [-0.05, 0) is 66.1 Å². The second kappa shape index (κ2) is 14.8. The van der Waals surface area contributed by atoms with E-state index in [4.69, 9.17) is 19.3 Å². The maximum Gasteiger partial charge on any atom is 0.389 e. The lowest BCUT2D eigenvalue weighted by Gasteiger charge is -2.14. The summed E-state index contributed by atoms with van der Waals surface area (Å²) in [6, 6.07) is 12.0. The van der Waals surface area contributed by atoms with Crippen molar-refractivity contribution >= 4 is 0 Å². The molecule has 0 amide bonds. The van der Waals surface area contributed by atoms with Crippen molar-refractivity contribution < 1.29 is 32.5 Å². The molecule has 2 aromatic rings. The van der Waals surface area contributed by atoms with Crippen LogP contribution in [-0.2, 0) is 11.2 Å². The molecule has 0 aliphatic heterocycles. The molecule has 0 fully saturated rings. The van der Waals surface area contributed by atoms with Crippen LogP contribution >= 0.6 is 0 Å². The summed E-state index contributed by atoms with van der Waals surface area (Å²) in [5, 5.41) is 9.13. The van der Waals surface area contributed by atoms with Crippen molar-refractivity contribution in [1.29, 1.82) is 0 Å². The van der Waals surface area contributed by atoms with E-state index in [1.54, 1.807) is 7.11 Å². The number of hydrogen-bond acceptors (Lipinski definition) is 4. The van der Waals surface area contributed by atoms with Crippen LogP contribution in [-0.4, -0.2) is 44.8 Å². The summed E-state index contributed by atoms with van der Waals surface area (Å²) in [7, 11) is 1.62. The summed E-state index contributed by atoms with van der Waals surface area (Å²) in [5.41, 5.74) is 5.04. The van der Waals surface area contributed by atoms with Gasteiger partial charge in [0.15, 0.2) is 0 Å². The van der Waals surface area contributed by atoms with Crippen LogP contribution in [0.3, 0.4) is 0 Å². The molecule has 0 aromatic heterocycles. The van der Waals surface area contributed by atoms with Crippen LogP contribution in [0, 0.1) is 6.92 Å². The molecule has 2 aromatic carbocycles. The molecule has 0 heterocycles. The van der Waals surface area contributed by atoms with Gasteiger partial charge >= 0.3 is 6.18 Å². The van der Waals surface area contributed by atoms with Crippen molar-refractivity contribution in [3.05, 3.63) is 59.7 Å². The van der Waals surface area contributed by atoms with E-state index in [9.17, 15) is 13.2 Å². The highest BCUT2D eigenvalue weighted by molar-refractivity contribution is 5.68. The van der Waals surface area contributed by atoms with Crippen LogP contribution in [0.2, 0.25) is 0 Å². The maximum absolute atomic E-state index is 12.3. The summed E-state index contributed by atoms with van der Waals surface area (Å²) >= 11 is 0. The average molecular weight is 495 g/mol. The quantitative estimate of drug-likeness (QED) is 0.200. The van der Waals surface area contributed by atoms with E-state index in [2.05, 4.69) is 31.7 Å². The summed E-state index contributed by atoms with van der Waals surface area (Å²) in [5.74, 6) is 1.34. The summed E-state index contributed by atoms with van der Waals surface area (Å²) in [6.07, 6.45) is -0.885. The molecule has 0 bridgehead atoms. The average Bonchev–Trinajstić information content (AvgIpc) is 2.81. The maximum atomic E-state index is 12.3. The van der Waals surface area contributed by atoms with Gasteiger partial charge in [-0.3, -0.25) is 0 Å². The number of unbranched alkanes of at least 4 members (excludes halogenated alkanes) is 3. The number of benzene rings is 2. The highest BCUT2D eigenvalue weighted by Gasteiger charge is 2.25. The van der Waals surface area contributed by atoms with E-state index in [-0.39, 0.29) is 13.0 Å². The van der Waals surface area contributed by atoms with Gasteiger partial charge in [-0.15, -0.1) is 0 Å². The Hall–Kier alpha value is -2.51. The molecule has 1 N–H and O–H groups in total. The van der Waals surface area contributed by atoms with E-state index in [1.165, 1.54) is 5.56 Å². The van der Waals surface area contributed by atoms with Gasteiger partial charge in [0.25, 0.3) is 0 Å². The minimum atomic E-state index is -4.06. The predicted molar refractivity (Wildman–Crippen MR) is 133 cm³/mol. The Morgan fingerprint density at radius 3 is 2.20 bits per heavy atom. The molecule has 0 unspecified atom stereocenters. The van der Waals surface area contributed by atoms with E-state index in [0.29, 0.717) is 49.7 Å². The number of methoxy groups -OCH3 is 1. The Bertz CT molecular complexity index is 925. The van der Waals surface area contributed by atoms with Crippen molar-refractivity contribution in [3.8, 4) is 22.6 Å². The zero-order chi connectivity index (χ0) is 25.7. The Balaban J connectivity index is 2.05. The minimum absolute atomic E-state index is 0.0615. The van der Waals surface area contributed by atoms with E-state index < -0.39 is 12.6 Å². The molecule has 194 valence electrons. The first-order valence-corrected chi connectivity index (χ1v) is 12.1. The second-order valence-electron chi connectivity index (χ2n) is 8.71. The van der Waals surface area contributed by atoms with Crippen LogP contribution in [0.4, 0.5) is 13.2 Å². The Labute approximate surface area is 206 Å². The first kappa shape index (κ1) is 28.7. The van der Waals surface area contributed by atoms with Crippen molar-refractivity contribution in [2.45, 2.75) is 58.0 Å². The van der Waals surface area contributed by atoms with Gasteiger partial charge in [0.2, 0.25) is 0 Å². The van der Waals surface area contributed by atoms with Gasteiger partial charge in [0, 0.05) is 26.0 Å². The van der Waals surface area contributed by atoms with Crippen LogP contribution in [0.25, 0.3) is 11.1 Å². The molecular formula is C28H37F3O4. The Kier molecular flexibility index (Phi) is 12.1. The number of aryl methyl sites for hydroxylation is 2. The lowest BCUT2D eigenvalue weighted by Crippen LogP contribution is -2.06. The molecule has 0 spiro atoms. The van der Waals surface area contributed by atoms with Crippen molar-refractivity contribution in [2.24, 2.45) is 0 Å². The normalized spacial score (nSPS) is 11.5. The molecule has 4 nitrogen and oxygen atoms in total. The fraction of sp³-hybridized carbons (Fsp3) is 0.500.